The highest BCUT2D eigenvalue weighted by atomic mass is 19.1. The zero-order chi connectivity index (χ0) is 18.7. The number of nitrogens with one attached hydrogen (secondary N) is 1. The van der Waals surface area contributed by atoms with E-state index < -0.39 is 23.1 Å². The van der Waals surface area contributed by atoms with Crippen molar-refractivity contribution in [3.63, 3.8) is 0 Å². The number of aryl methyl sites for hydroxylation is 1. The van der Waals surface area contributed by atoms with Gasteiger partial charge in [0.1, 0.15) is 17.2 Å². The summed E-state index contributed by atoms with van der Waals surface area (Å²) in [6.07, 6.45) is 3.67. The number of benzene rings is 1. The first-order valence-electron chi connectivity index (χ1n) is 8.65. The summed E-state index contributed by atoms with van der Waals surface area (Å²) < 4.78 is 28.4. The summed E-state index contributed by atoms with van der Waals surface area (Å²) in [5.41, 5.74) is -0.464. The van der Waals surface area contributed by atoms with E-state index in [1.54, 1.807) is 13.0 Å². The summed E-state index contributed by atoms with van der Waals surface area (Å²) in [6.45, 7) is 4.84. The van der Waals surface area contributed by atoms with Crippen molar-refractivity contribution in [2.75, 3.05) is 26.2 Å². The molecule has 0 saturated carbocycles. The number of hydrogen-bond acceptors (Lipinski definition) is 3. The van der Waals surface area contributed by atoms with Gasteiger partial charge in [0.25, 0.3) is 11.5 Å². The molecule has 1 N–H and O–H groups in total. The molecule has 0 unspecified atom stereocenters. The van der Waals surface area contributed by atoms with Crippen LogP contribution < -0.4 is 10.9 Å². The molecule has 2 heterocycles. The molecule has 0 aliphatic carbocycles. The summed E-state index contributed by atoms with van der Waals surface area (Å²) in [6, 6.07) is 4.40. The van der Waals surface area contributed by atoms with Gasteiger partial charge in [-0.15, -0.1) is 0 Å². The number of nitrogens with zero attached hydrogens (tertiary/aromatic N) is 2. The molecule has 1 aliphatic heterocycles. The first-order chi connectivity index (χ1) is 12.5. The van der Waals surface area contributed by atoms with Crippen molar-refractivity contribution in [2.24, 2.45) is 0 Å². The highest BCUT2D eigenvalue weighted by molar-refractivity contribution is 5.95. The van der Waals surface area contributed by atoms with Crippen LogP contribution in [-0.2, 0) is 0 Å². The van der Waals surface area contributed by atoms with E-state index in [2.05, 4.69) is 10.2 Å². The Morgan fingerprint density at radius 1 is 1.19 bits per heavy atom. The van der Waals surface area contributed by atoms with Crippen molar-refractivity contribution in [1.29, 1.82) is 0 Å². The molecule has 1 saturated heterocycles. The molecule has 2 aromatic rings. The normalized spacial score (nSPS) is 14.6. The lowest BCUT2D eigenvalue weighted by Crippen LogP contribution is -2.37. The number of carbonyl (C=O) groups excluding carboxylic acids is 1. The number of rotatable bonds is 5. The summed E-state index contributed by atoms with van der Waals surface area (Å²) >= 11 is 0. The number of pyridine rings is 1. The van der Waals surface area contributed by atoms with Crippen molar-refractivity contribution >= 4 is 5.91 Å². The van der Waals surface area contributed by atoms with Gasteiger partial charge in [-0.25, -0.2) is 8.78 Å². The van der Waals surface area contributed by atoms with Crippen LogP contribution in [0.2, 0.25) is 0 Å². The highest BCUT2D eigenvalue weighted by Crippen LogP contribution is 2.14. The Bertz CT molecular complexity index is 874. The number of carbonyl (C=O) groups is 1. The summed E-state index contributed by atoms with van der Waals surface area (Å²) in [5.74, 6) is -1.90. The summed E-state index contributed by atoms with van der Waals surface area (Å²) in [4.78, 5) is 27.5. The van der Waals surface area contributed by atoms with Gasteiger partial charge in [-0.1, -0.05) is 0 Å². The maximum Gasteiger partial charge on any atom is 0.268 e. The Labute approximate surface area is 150 Å². The Hall–Kier alpha value is -2.54. The van der Waals surface area contributed by atoms with Gasteiger partial charge in [-0.3, -0.25) is 14.2 Å². The summed E-state index contributed by atoms with van der Waals surface area (Å²) in [7, 11) is 0. The predicted octanol–water partition coefficient (Wildman–Crippen LogP) is 2.25. The van der Waals surface area contributed by atoms with Crippen molar-refractivity contribution < 1.29 is 13.6 Å². The first kappa shape index (κ1) is 18.3. The molecular weight excluding hydrogens is 340 g/mol. The van der Waals surface area contributed by atoms with Crippen LogP contribution in [0, 0.1) is 18.6 Å². The quantitative estimate of drug-likeness (QED) is 0.889. The zero-order valence-corrected chi connectivity index (χ0v) is 14.6. The van der Waals surface area contributed by atoms with E-state index in [-0.39, 0.29) is 11.3 Å². The van der Waals surface area contributed by atoms with Crippen molar-refractivity contribution in [2.45, 2.75) is 19.8 Å². The van der Waals surface area contributed by atoms with Gasteiger partial charge in [0.15, 0.2) is 0 Å². The third-order valence-corrected chi connectivity index (χ3v) is 4.61. The van der Waals surface area contributed by atoms with E-state index >= 15 is 0 Å². The molecule has 1 fully saturated rings. The monoisotopic (exact) mass is 361 g/mol. The van der Waals surface area contributed by atoms with Gasteiger partial charge < -0.3 is 10.2 Å². The van der Waals surface area contributed by atoms with Gasteiger partial charge >= 0.3 is 0 Å². The van der Waals surface area contributed by atoms with Crippen LogP contribution in [0.3, 0.4) is 0 Å². The van der Waals surface area contributed by atoms with Crippen LogP contribution in [0.1, 0.15) is 28.8 Å². The Balaban J connectivity index is 1.84. The van der Waals surface area contributed by atoms with E-state index in [0.29, 0.717) is 12.1 Å². The fourth-order valence-corrected chi connectivity index (χ4v) is 3.18. The minimum absolute atomic E-state index is 0.0578. The molecule has 0 bridgehead atoms. The van der Waals surface area contributed by atoms with Gasteiger partial charge in [-0.2, -0.15) is 0 Å². The lowest BCUT2D eigenvalue weighted by molar-refractivity contribution is 0.0947. The van der Waals surface area contributed by atoms with Crippen LogP contribution in [0.5, 0.6) is 0 Å². The largest absolute Gasteiger partial charge is 0.351 e. The minimum atomic E-state index is -0.738. The zero-order valence-electron chi connectivity index (χ0n) is 14.6. The van der Waals surface area contributed by atoms with E-state index in [1.807, 2.05) is 0 Å². The smallest absolute Gasteiger partial charge is 0.268 e. The molecule has 1 aliphatic rings. The molecule has 1 aromatic heterocycles. The second-order valence-electron chi connectivity index (χ2n) is 6.45. The number of likely N-dealkylation sites (tertiary alicyclic amines) is 1. The molecule has 0 radical (unpaired) electrons. The fraction of sp³-hybridized carbons (Fsp3) is 0.368. The maximum atomic E-state index is 14.0. The topological polar surface area (TPSA) is 54.3 Å². The SMILES string of the molecule is Cc1ccn(-c2cc(F)ccc2F)c(=O)c1C(=O)NCCN1CCCC1. The van der Waals surface area contributed by atoms with Crippen molar-refractivity contribution in [3.8, 4) is 5.69 Å². The lowest BCUT2D eigenvalue weighted by Gasteiger charge is -2.15. The third kappa shape index (κ3) is 3.83. The van der Waals surface area contributed by atoms with Crippen molar-refractivity contribution in [1.82, 2.24) is 14.8 Å². The van der Waals surface area contributed by atoms with Crippen LogP contribution >= 0.6 is 0 Å². The minimum Gasteiger partial charge on any atom is -0.351 e. The standard InChI is InChI=1S/C19H21F2N3O2/c1-13-6-10-24(16-12-14(20)4-5-15(16)21)19(26)17(13)18(25)22-7-11-23-8-2-3-9-23/h4-6,10,12H,2-3,7-9,11H2,1H3,(H,22,25). The number of halogens is 2. The molecular formula is C19H21F2N3O2. The Kier molecular flexibility index (Phi) is 5.46. The lowest BCUT2D eigenvalue weighted by atomic mass is 10.1. The molecule has 7 heteroatoms. The maximum absolute atomic E-state index is 14.0. The molecule has 0 spiro atoms. The second kappa shape index (κ2) is 7.78. The number of amides is 1. The molecule has 26 heavy (non-hydrogen) atoms. The Morgan fingerprint density at radius 2 is 1.92 bits per heavy atom. The average molecular weight is 361 g/mol. The second-order valence-corrected chi connectivity index (χ2v) is 6.45. The van der Waals surface area contributed by atoms with Gasteiger partial charge in [-0.05, 0) is 56.6 Å². The van der Waals surface area contributed by atoms with Gasteiger partial charge in [0.05, 0.1) is 5.69 Å². The first-order valence-corrected chi connectivity index (χ1v) is 8.65. The fourth-order valence-electron chi connectivity index (χ4n) is 3.18. The number of aromatic nitrogens is 1. The predicted molar refractivity (Wildman–Crippen MR) is 94.7 cm³/mol. The Morgan fingerprint density at radius 3 is 2.65 bits per heavy atom. The highest BCUT2D eigenvalue weighted by Gasteiger charge is 2.18. The van der Waals surface area contributed by atoms with E-state index in [4.69, 9.17) is 0 Å². The molecule has 0 atom stereocenters. The molecule has 1 aromatic carbocycles. The van der Waals surface area contributed by atoms with Crippen LogP contribution in [-0.4, -0.2) is 41.6 Å². The van der Waals surface area contributed by atoms with E-state index in [0.717, 1.165) is 55.2 Å². The average Bonchev–Trinajstić information content (AvgIpc) is 3.11. The molecule has 1 amide bonds. The molecule has 138 valence electrons. The third-order valence-electron chi connectivity index (χ3n) is 4.61. The van der Waals surface area contributed by atoms with Gasteiger partial charge in [0, 0.05) is 25.4 Å². The summed E-state index contributed by atoms with van der Waals surface area (Å²) in [5, 5.41) is 2.75. The van der Waals surface area contributed by atoms with Crippen LogP contribution in [0.4, 0.5) is 8.78 Å². The molecule has 3 rings (SSSR count). The van der Waals surface area contributed by atoms with E-state index in [9.17, 15) is 18.4 Å². The van der Waals surface area contributed by atoms with Crippen LogP contribution in [0.15, 0.2) is 35.3 Å². The van der Waals surface area contributed by atoms with Crippen molar-refractivity contribution in [3.05, 3.63) is 63.6 Å². The van der Waals surface area contributed by atoms with E-state index in [1.165, 1.54) is 6.20 Å². The molecule has 5 nitrogen and oxygen atoms in total. The number of hydrogen-bond donors (Lipinski definition) is 1. The van der Waals surface area contributed by atoms with Crippen LogP contribution in [0.25, 0.3) is 5.69 Å². The van der Waals surface area contributed by atoms with Gasteiger partial charge in [0.2, 0.25) is 0 Å².